The fourth-order valence-corrected chi connectivity index (χ4v) is 1.83. The fourth-order valence-electron chi connectivity index (χ4n) is 1.48. The minimum absolute atomic E-state index is 0.114. The number of nitrogens with zero attached hydrogens (tertiary/aromatic N) is 2. The highest BCUT2D eigenvalue weighted by Crippen LogP contribution is 2.38. The van der Waals surface area contributed by atoms with Gasteiger partial charge in [-0.05, 0) is 25.5 Å². The third kappa shape index (κ3) is 4.01. The van der Waals surface area contributed by atoms with E-state index in [1.54, 1.807) is 11.8 Å². The molecule has 6 heteroatoms. The molecule has 1 aromatic heterocycles. The molecule has 100 valence electrons. The first kappa shape index (κ1) is 13.4. The SMILES string of the molecule is CS[C@H](C)CCC(=O)OCc1noc(C2CC2)n1. The van der Waals surface area contributed by atoms with E-state index < -0.39 is 0 Å². The Kier molecular flexibility index (Phi) is 4.63. The Hall–Kier alpha value is -1.04. The van der Waals surface area contributed by atoms with E-state index in [1.165, 1.54) is 0 Å². The highest BCUT2D eigenvalue weighted by atomic mass is 32.2. The lowest BCUT2D eigenvalue weighted by atomic mass is 10.2. The summed E-state index contributed by atoms with van der Waals surface area (Å²) in [4.78, 5) is 15.7. The van der Waals surface area contributed by atoms with Crippen molar-refractivity contribution in [3.63, 3.8) is 0 Å². The Bertz CT molecular complexity index is 404. The summed E-state index contributed by atoms with van der Waals surface area (Å²) >= 11 is 1.75. The van der Waals surface area contributed by atoms with Gasteiger partial charge in [0.1, 0.15) is 0 Å². The Morgan fingerprint density at radius 3 is 3.06 bits per heavy atom. The minimum Gasteiger partial charge on any atom is -0.457 e. The number of aromatic nitrogens is 2. The molecule has 1 aliphatic rings. The fraction of sp³-hybridized carbons (Fsp3) is 0.750. The van der Waals surface area contributed by atoms with Gasteiger partial charge in [-0.2, -0.15) is 16.7 Å². The maximum atomic E-state index is 11.5. The van der Waals surface area contributed by atoms with E-state index in [4.69, 9.17) is 9.26 Å². The summed E-state index contributed by atoms with van der Waals surface area (Å²) in [6.45, 7) is 2.21. The summed E-state index contributed by atoms with van der Waals surface area (Å²) in [5, 5.41) is 4.27. The van der Waals surface area contributed by atoms with Crippen molar-refractivity contribution >= 4 is 17.7 Å². The second-order valence-corrected chi connectivity index (χ2v) is 5.84. The number of carbonyl (C=O) groups is 1. The van der Waals surface area contributed by atoms with Crippen LogP contribution in [0, 0.1) is 0 Å². The normalized spacial score (nSPS) is 16.6. The van der Waals surface area contributed by atoms with E-state index in [0.717, 1.165) is 19.3 Å². The van der Waals surface area contributed by atoms with E-state index in [-0.39, 0.29) is 12.6 Å². The van der Waals surface area contributed by atoms with E-state index in [0.29, 0.717) is 29.3 Å². The van der Waals surface area contributed by atoms with Crippen molar-refractivity contribution in [3.8, 4) is 0 Å². The van der Waals surface area contributed by atoms with Crippen molar-refractivity contribution in [1.82, 2.24) is 10.1 Å². The Morgan fingerprint density at radius 2 is 2.39 bits per heavy atom. The molecule has 0 radical (unpaired) electrons. The largest absolute Gasteiger partial charge is 0.457 e. The standard InChI is InChI=1S/C12H18N2O3S/c1-8(18-2)3-6-11(15)16-7-10-13-12(17-14-10)9-4-5-9/h8-9H,3-7H2,1-2H3/t8-/m1/s1. The first-order valence-electron chi connectivity index (χ1n) is 6.20. The van der Waals surface area contributed by atoms with E-state index >= 15 is 0 Å². The molecule has 5 nitrogen and oxygen atoms in total. The van der Waals surface area contributed by atoms with Crippen LogP contribution in [-0.4, -0.2) is 27.6 Å². The summed E-state index contributed by atoms with van der Waals surface area (Å²) in [6.07, 6.45) is 5.55. The zero-order valence-corrected chi connectivity index (χ0v) is 11.5. The second kappa shape index (κ2) is 6.22. The van der Waals surface area contributed by atoms with Crippen LogP contribution < -0.4 is 0 Å². The van der Waals surface area contributed by atoms with Crippen molar-refractivity contribution in [2.75, 3.05) is 6.26 Å². The average molecular weight is 270 g/mol. The number of hydrogen-bond acceptors (Lipinski definition) is 6. The van der Waals surface area contributed by atoms with E-state index in [2.05, 4.69) is 17.1 Å². The molecule has 1 heterocycles. The number of carbonyl (C=O) groups excluding carboxylic acids is 1. The molecule has 18 heavy (non-hydrogen) atoms. The van der Waals surface area contributed by atoms with Crippen LogP contribution in [0.15, 0.2) is 4.52 Å². The molecule has 0 aromatic carbocycles. The third-order valence-electron chi connectivity index (χ3n) is 2.93. The van der Waals surface area contributed by atoms with E-state index in [9.17, 15) is 4.79 Å². The van der Waals surface area contributed by atoms with Gasteiger partial charge in [-0.3, -0.25) is 4.79 Å². The molecule has 1 aromatic rings. The van der Waals surface area contributed by atoms with Gasteiger partial charge in [0.25, 0.3) is 0 Å². The highest BCUT2D eigenvalue weighted by Gasteiger charge is 2.29. The monoisotopic (exact) mass is 270 g/mol. The number of ether oxygens (including phenoxy) is 1. The number of rotatable bonds is 7. The van der Waals surface area contributed by atoms with Crippen LogP contribution in [0.3, 0.4) is 0 Å². The van der Waals surface area contributed by atoms with Crippen LogP contribution in [0.4, 0.5) is 0 Å². The maximum absolute atomic E-state index is 11.5. The molecule has 0 bridgehead atoms. The van der Waals surface area contributed by atoms with Crippen molar-refractivity contribution in [2.45, 2.75) is 50.4 Å². The predicted octanol–water partition coefficient (Wildman–Crippen LogP) is 2.52. The first-order chi connectivity index (χ1) is 8.69. The Labute approximate surface area is 111 Å². The molecule has 2 rings (SSSR count). The van der Waals surface area contributed by atoms with Gasteiger partial charge in [-0.1, -0.05) is 12.1 Å². The van der Waals surface area contributed by atoms with Crippen molar-refractivity contribution in [2.24, 2.45) is 0 Å². The third-order valence-corrected chi connectivity index (χ3v) is 3.97. The number of thioether (sulfide) groups is 1. The lowest BCUT2D eigenvalue weighted by Crippen LogP contribution is -2.08. The smallest absolute Gasteiger partial charge is 0.306 e. The molecule has 0 spiro atoms. The summed E-state index contributed by atoms with van der Waals surface area (Å²) < 4.78 is 10.2. The van der Waals surface area contributed by atoms with Crippen LogP contribution in [0.1, 0.15) is 50.2 Å². The van der Waals surface area contributed by atoms with Gasteiger partial charge >= 0.3 is 5.97 Å². The molecule has 0 saturated heterocycles. The quantitative estimate of drug-likeness (QED) is 0.709. The second-order valence-electron chi connectivity index (χ2n) is 4.57. The van der Waals surface area contributed by atoms with Crippen LogP contribution in [0.5, 0.6) is 0 Å². The Morgan fingerprint density at radius 1 is 1.61 bits per heavy atom. The van der Waals surface area contributed by atoms with Gasteiger partial charge in [-0.25, -0.2) is 0 Å². The highest BCUT2D eigenvalue weighted by molar-refractivity contribution is 7.99. The predicted molar refractivity (Wildman–Crippen MR) is 68.3 cm³/mol. The lowest BCUT2D eigenvalue weighted by molar-refractivity contribution is -0.145. The van der Waals surface area contributed by atoms with Crippen LogP contribution in [-0.2, 0) is 16.1 Å². The van der Waals surface area contributed by atoms with Crippen molar-refractivity contribution < 1.29 is 14.1 Å². The molecular formula is C12H18N2O3S. The van der Waals surface area contributed by atoms with Crippen LogP contribution in [0.2, 0.25) is 0 Å². The maximum Gasteiger partial charge on any atom is 0.306 e. The molecular weight excluding hydrogens is 252 g/mol. The molecule has 0 amide bonds. The van der Waals surface area contributed by atoms with Crippen LogP contribution in [0.25, 0.3) is 0 Å². The van der Waals surface area contributed by atoms with E-state index in [1.807, 2.05) is 6.26 Å². The zero-order valence-electron chi connectivity index (χ0n) is 10.7. The van der Waals surface area contributed by atoms with Gasteiger partial charge in [0.15, 0.2) is 6.61 Å². The molecule has 1 aliphatic carbocycles. The first-order valence-corrected chi connectivity index (χ1v) is 7.48. The number of esters is 1. The molecule has 1 saturated carbocycles. The van der Waals surface area contributed by atoms with Crippen LogP contribution >= 0.6 is 11.8 Å². The summed E-state index contributed by atoms with van der Waals surface area (Å²) in [5.74, 6) is 1.37. The summed E-state index contributed by atoms with van der Waals surface area (Å²) in [5.41, 5.74) is 0. The summed E-state index contributed by atoms with van der Waals surface area (Å²) in [7, 11) is 0. The molecule has 1 atom stereocenters. The Balaban J connectivity index is 1.68. The minimum atomic E-state index is -0.200. The van der Waals surface area contributed by atoms with Gasteiger partial charge in [-0.15, -0.1) is 0 Å². The zero-order chi connectivity index (χ0) is 13.0. The van der Waals surface area contributed by atoms with Gasteiger partial charge in [0.2, 0.25) is 11.7 Å². The average Bonchev–Trinajstić information content (AvgIpc) is 3.13. The summed E-state index contributed by atoms with van der Waals surface area (Å²) in [6, 6.07) is 0. The topological polar surface area (TPSA) is 65.2 Å². The molecule has 0 aliphatic heterocycles. The van der Waals surface area contributed by atoms with Gasteiger partial charge in [0.05, 0.1) is 0 Å². The van der Waals surface area contributed by atoms with Gasteiger partial charge in [0, 0.05) is 17.6 Å². The molecule has 0 unspecified atom stereocenters. The molecule has 0 N–H and O–H groups in total. The van der Waals surface area contributed by atoms with Crippen molar-refractivity contribution in [3.05, 3.63) is 11.7 Å². The number of hydrogen-bond donors (Lipinski definition) is 0. The van der Waals surface area contributed by atoms with Gasteiger partial charge < -0.3 is 9.26 Å². The lowest BCUT2D eigenvalue weighted by Gasteiger charge is -2.06. The van der Waals surface area contributed by atoms with Crippen molar-refractivity contribution in [1.29, 1.82) is 0 Å². The molecule has 1 fully saturated rings.